The van der Waals surface area contributed by atoms with Gasteiger partial charge in [0.25, 0.3) is 0 Å². The average Bonchev–Trinajstić information content (AvgIpc) is 3.38. The van der Waals surface area contributed by atoms with Gasteiger partial charge in [0.15, 0.2) is 11.7 Å². The van der Waals surface area contributed by atoms with E-state index in [0.29, 0.717) is 53.0 Å². The van der Waals surface area contributed by atoms with E-state index in [9.17, 15) is 14.0 Å². The van der Waals surface area contributed by atoms with Gasteiger partial charge in [-0.3, -0.25) is 9.59 Å². The van der Waals surface area contributed by atoms with Crippen molar-refractivity contribution in [2.24, 2.45) is 0 Å². The molecule has 1 fully saturated rings. The molecule has 1 N–H and O–H groups in total. The van der Waals surface area contributed by atoms with Crippen LogP contribution in [0.5, 0.6) is 0 Å². The lowest BCUT2D eigenvalue weighted by Crippen LogP contribution is -2.23. The van der Waals surface area contributed by atoms with Crippen LogP contribution in [0.15, 0.2) is 53.1 Å². The van der Waals surface area contributed by atoms with Gasteiger partial charge in [0.05, 0.1) is 16.9 Å². The molecule has 0 bridgehead atoms. The van der Waals surface area contributed by atoms with Crippen LogP contribution < -0.4 is 10.2 Å². The highest BCUT2D eigenvalue weighted by molar-refractivity contribution is 6.33. The zero-order chi connectivity index (χ0) is 21.1. The van der Waals surface area contributed by atoms with E-state index in [2.05, 4.69) is 10.3 Å². The largest absolute Gasteiger partial charge is 0.441 e. The normalized spacial score (nSPS) is 13.7. The fraction of sp³-hybridized carbons (Fsp3) is 0.227. The minimum Gasteiger partial charge on any atom is -0.441 e. The molecule has 2 heterocycles. The van der Waals surface area contributed by atoms with Gasteiger partial charge < -0.3 is 14.6 Å². The maximum absolute atomic E-state index is 13.0. The number of halogens is 2. The quantitative estimate of drug-likeness (QED) is 0.611. The molecule has 0 unspecified atom stereocenters. The summed E-state index contributed by atoms with van der Waals surface area (Å²) >= 11 is 6.21. The summed E-state index contributed by atoms with van der Waals surface area (Å²) in [6.07, 6.45) is 3.34. The molecule has 154 valence electrons. The van der Waals surface area contributed by atoms with Crippen molar-refractivity contribution in [3.8, 4) is 11.3 Å². The third-order valence-corrected chi connectivity index (χ3v) is 5.19. The van der Waals surface area contributed by atoms with Crippen LogP contribution in [0.1, 0.15) is 25.2 Å². The van der Waals surface area contributed by atoms with E-state index >= 15 is 0 Å². The van der Waals surface area contributed by atoms with Crippen LogP contribution in [-0.4, -0.2) is 23.3 Å². The summed E-state index contributed by atoms with van der Waals surface area (Å²) in [5, 5.41) is 3.18. The number of amides is 2. The minimum absolute atomic E-state index is 0.0652. The van der Waals surface area contributed by atoms with Crippen LogP contribution in [0.2, 0.25) is 5.02 Å². The molecule has 0 radical (unpaired) electrons. The molecule has 3 aromatic rings. The van der Waals surface area contributed by atoms with Gasteiger partial charge in [-0.25, -0.2) is 9.37 Å². The highest BCUT2D eigenvalue weighted by atomic mass is 35.5. The SMILES string of the molecule is O=C(CCc1ncc(-c2ccc(F)cc2)o1)Nc1cc(N2CCCC2=O)ccc1Cl. The first-order valence-corrected chi connectivity index (χ1v) is 9.98. The van der Waals surface area contributed by atoms with Crippen molar-refractivity contribution in [1.82, 2.24) is 4.98 Å². The molecule has 0 saturated carbocycles. The number of carbonyl (C=O) groups excluding carboxylic acids is 2. The fourth-order valence-electron chi connectivity index (χ4n) is 3.30. The Morgan fingerprint density at radius 3 is 2.77 bits per heavy atom. The van der Waals surface area contributed by atoms with Gasteiger partial charge in [-0.15, -0.1) is 0 Å². The Bertz CT molecular complexity index is 1080. The van der Waals surface area contributed by atoms with E-state index in [1.807, 2.05) is 0 Å². The Balaban J connectivity index is 1.37. The summed E-state index contributed by atoms with van der Waals surface area (Å²) in [4.78, 5) is 30.2. The van der Waals surface area contributed by atoms with Crippen LogP contribution in [0.4, 0.5) is 15.8 Å². The molecule has 1 aliphatic heterocycles. The molecule has 4 rings (SSSR count). The van der Waals surface area contributed by atoms with Crippen LogP contribution in [0.3, 0.4) is 0 Å². The first-order chi connectivity index (χ1) is 14.5. The maximum atomic E-state index is 13.0. The molecule has 0 aliphatic carbocycles. The predicted octanol–water partition coefficient (Wildman–Crippen LogP) is 4.83. The van der Waals surface area contributed by atoms with Gasteiger partial charge in [-0.05, 0) is 48.9 Å². The molecule has 30 heavy (non-hydrogen) atoms. The Kier molecular flexibility index (Phi) is 5.81. The van der Waals surface area contributed by atoms with E-state index in [0.717, 1.165) is 6.42 Å². The van der Waals surface area contributed by atoms with Crippen molar-refractivity contribution in [3.05, 3.63) is 65.4 Å². The molecule has 2 aromatic carbocycles. The van der Waals surface area contributed by atoms with Crippen molar-refractivity contribution in [2.75, 3.05) is 16.8 Å². The molecule has 0 atom stereocenters. The highest BCUT2D eigenvalue weighted by Crippen LogP contribution is 2.30. The maximum Gasteiger partial charge on any atom is 0.227 e. The second-order valence-corrected chi connectivity index (χ2v) is 7.39. The number of hydrogen-bond donors (Lipinski definition) is 1. The van der Waals surface area contributed by atoms with Gasteiger partial charge in [0.1, 0.15) is 5.82 Å². The van der Waals surface area contributed by atoms with Crippen LogP contribution in [-0.2, 0) is 16.0 Å². The topological polar surface area (TPSA) is 75.4 Å². The average molecular weight is 428 g/mol. The number of aromatic nitrogens is 1. The van der Waals surface area contributed by atoms with Crippen molar-refractivity contribution in [1.29, 1.82) is 0 Å². The second kappa shape index (κ2) is 8.67. The van der Waals surface area contributed by atoms with Gasteiger partial charge in [0, 0.05) is 37.1 Å². The standard InChI is InChI=1S/C22H19ClFN3O3/c23-17-8-7-16(27-11-1-2-22(27)29)12-18(17)26-20(28)9-10-21-25-13-19(30-21)14-3-5-15(24)6-4-14/h3-8,12-13H,1-2,9-11H2,(H,26,28). The van der Waals surface area contributed by atoms with Crippen LogP contribution >= 0.6 is 11.6 Å². The van der Waals surface area contributed by atoms with Gasteiger partial charge in [-0.2, -0.15) is 0 Å². The number of aryl methyl sites for hydroxylation is 1. The van der Waals surface area contributed by atoms with Gasteiger partial charge in [0.2, 0.25) is 11.8 Å². The first kappa shape index (κ1) is 20.1. The van der Waals surface area contributed by atoms with Crippen LogP contribution in [0.25, 0.3) is 11.3 Å². The Morgan fingerprint density at radius 2 is 2.03 bits per heavy atom. The Hall–Kier alpha value is -3.19. The van der Waals surface area contributed by atoms with Crippen LogP contribution in [0, 0.1) is 5.82 Å². The van der Waals surface area contributed by atoms with Crippen molar-refractivity contribution >= 4 is 34.8 Å². The van der Waals surface area contributed by atoms with Gasteiger partial charge in [-0.1, -0.05) is 11.6 Å². The number of anilines is 2. The third kappa shape index (κ3) is 4.52. The molecule has 8 heteroatoms. The zero-order valence-corrected chi connectivity index (χ0v) is 16.8. The number of rotatable bonds is 6. The monoisotopic (exact) mass is 427 g/mol. The number of oxazole rings is 1. The van der Waals surface area contributed by atoms with E-state index < -0.39 is 0 Å². The van der Waals surface area contributed by atoms with E-state index in [-0.39, 0.29) is 24.1 Å². The van der Waals surface area contributed by atoms with E-state index in [1.165, 1.54) is 12.1 Å². The summed E-state index contributed by atoms with van der Waals surface area (Å²) in [6, 6.07) is 11.0. The Labute approximate surface area is 177 Å². The molecule has 1 aliphatic rings. The number of hydrogen-bond acceptors (Lipinski definition) is 4. The molecular formula is C22H19ClFN3O3. The molecule has 1 aromatic heterocycles. The Morgan fingerprint density at radius 1 is 1.23 bits per heavy atom. The predicted molar refractivity (Wildman–Crippen MR) is 112 cm³/mol. The highest BCUT2D eigenvalue weighted by Gasteiger charge is 2.22. The lowest BCUT2D eigenvalue weighted by molar-refractivity contribution is -0.117. The van der Waals surface area contributed by atoms with Crippen molar-refractivity contribution in [3.63, 3.8) is 0 Å². The first-order valence-electron chi connectivity index (χ1n) is 9.60. The number of carbonyl (C=O) groups is 2. The molecule has 1 saturated heterocycles. The third-order valence-electron chi connectivity index (χ3n) is 4.86. The number of nitrogens with one attached hydrogen (secondary N) is 1. The summed E-state index contributed by atoms with van der Waals surface area (Å²) in [5.74, 6) is 0.411. The number of nitrogens with zero attached hydrogens (tertiary/aromatic N) is 2. The van der Waals surface area contributed by atoms with E-state index in [1.54, 1.807) is 41.4 Å². The molecule has 0 spiro atoms. The van der Waals surface area contributed by atoms with E-state index in [4.69, 9.17) is 16.0 Å². The summed E-state index contributed by atoms with van der Waals surface area (Å²) < 4.78 is 18.7. The van der Waals surface area contributed by atoms with Gasteiger partial charge >= 0.3 is 0 Å². The lowest BCUT2D eigenvalue weighted by Gasteiger charge is -2.17. The smallest absolute Gasteiger partial charge is 0.227 e. The lowest BCUT2D eigenvalue weighted by atomic mass is 10.2. The summed E-state index contributed by atoms with van der Waals surface area (Å²) in [5.41, 5.74) is 1.88. The second-order valence-electron chi connectivity index (χ2n) is 6.99. The van der Waals surface area contributed by atoms with Crippen molar-refractivity contribution < 1.29 is 18.4 Å². The summed E-state index contributed by atoms with van der Waals surface area (Å²) in [7, 11) is 0. The fourth-order valence-corrected chi connectivity index (χ4v) is 3.47. The number of benzene rings is 2. The molecular weight excluding hydrogens is 409 g/mol. The molecule has 6 nitrogen and oxygen atoms in total. The minimum atomic E-state index is -0.327. The zero-order valence-electron chi connectivity index (χ0n) is 16.0. The van der Waals surface area contributed by atoms with Crippen molar-refractivity contribution in [2.45, 2.75) is 25.7 Å². The summed E-state index contributed by atoms with van der Waals surface area (Å²) in [6.45, 7) is 0.661. The molecule has 2 amide bonds.